The zero-order chi connectivity index (χ0) is 18.4. The molecule has 1 heterocycles. The van der Waals surface area contributed by atoms with Gasteiger partial charge in [0.2, 0.25) is 0 Å². The van der Waals surface area contributed by atoms with E-state index < -0.39 is 23.6 Å². The first-order valence-corrected chi connectivity index (χ1v) is 8.36. The lowest BCUT2D eigenvalue weighted by atomic mass is 10.3. The molecule has 2 amide bonds. The van der Waals surface area contributed by atoms with Gasteiger partial charge in [-0.15, -0.1) is 11.3 Å². The van der Waals surface area contributed by atoms with E-state index in [9.17, 15) is 18.4 Å². The quantitative estimate of drug-likeness (QED) is 0.789. The number of carbonyl (C=O) groups excluding carboxylic acids is 2. The predicted octanol–water partition coefficient (Wildman–Crippen LogP) is 3.65. The molecule has 6 nitrogen and oxygen atoms in total. The summed E-state index contributed by atoms with van der Waals surface area (Å²) < 4.78 is 30.8. The number of urea groups is 1. The largest absolute Gasteiger partial charge is 0.464 e. The van der Waals surface area contributed by atoms with Gasteiger partial charge in [-0.05, 0) is 18.6 Å². The number of nitrogens with zero attached hydrogens (tertiary/aromatic N) is 2. The third-order valence-corrected chi connectivity index (χ3v) is 4.06. The summed E-state index contributed by atoms with van der Waals surface area (Å²) in [6.07, 6.45) is 0.695. The van der Waals surface area contributed by atoms with Crippen molar-refractivity contribution in [1.29, 1.82) is 0 Å². The van der Waals surface area contributed by atoms with Gasteiger partial charge >= 0.3 is 12.0 Å². The van der Waals surface area contributed by atoms with Gasteiger partial charge in [0, 0.05) is 23.7 Å². The number of esters is 1. The van der Waals surface area contributed by atoms with Crippen LogP contribution in [0.1, 0.15) is 28.8 Å². The van der Waals surface area contributed by atoms with E-state index in [0.29, 0.717) is 18.0 Å². The molecule has 134 valence electrons. The minimum atomic E-state index is -1.04. The molecule has 0 atom stereocenters. The number of thiazole rings is 1. The van der Waals surface area contributed by atoms with Gasteiger partial charge in [0.15, 0.2) is 17.3 Å². The van der Waals surface area contributed by atoms with Crippen molar-refractivity contribution in [3.05, 3.63) is 45.9 Å². The molecule has 1 aromatic heterocycles. The average molecular weight is 369 g/mol. The van der Waals surface area contributed by atoms with Crippen LogP contribution in [-0.4, -0.2) is 35.5 Å². The van der Waals surface area contributed by atoms with Gasteiger partial charge < -0.3 is 15.0 Å². The van der Waals surface area contributed by atoms with E-state index >= 15 is 0 Å². The van der Waals surface area contributed by atoms with Gasteiger partial charge in [0.1, 0.15) is 5.01 Å². The number of nitrogens with one attached hydrogen (secondary N) is 1. The number of aromatic nitrogens is 1. The SMILES string of the molecule is CCCN(Cc1nc(C(=O)OC)cs1)C(=O)Nc1ccc(F)c(F)c1. The lowest BCUT2D eigenvalue weighted by molar-refractivity contribution is 0.0594. The highest BCUT2D eigenvalue weighted by Gasteiger charge is 2.18. The topological polar surface area (TPSA) is 71.5 Å². The van der Waals surface area contributed by atoms with Crippen molar-refractivity contribution in [3.63, 3.8) is 0 Å². The number of methoxy groups -OCH3 is 1. The molecule has 0 aliphatic carbocycles. The number of hydrogen-bond acceptors (Lipinski definition) is 5. The first kappa shape index (κ1) is 18.8. The fraction of sp³-hybridized carbons (Fsp3) is 0.312. The Bertz CT molecular complexity index is 767. The summed E-state index contributed by atoms with van der Waals surface area (Å²) in [5.41, 5.74) is 0.333. The van der Waals surface area contributed by atoms with Crippen molar-refractivity contribution in [2.24, 2.45) is 0 Å². The molecule has 0 bridgehead atoms. The Morgan fingerprint density at radius 2 is 2.08 bits per heavy atom. The van der Waals surface area contributed by atoms with Crippen molar-refractivity contribution in [3.8, 4) is 0 Å². The highest BCUT2D eigenvalue weighted by Crippen LogP contribution is 2.17. The summed E-state index contributed by atoms with van der Waals surface area (Å²) in [7, 11) is 1.26. The molecule has 0 fully saturated rings. The maximum Gasteiger partial charge on any atom is 0.357 e. The minimum Gasteiger partial charge on any atom is -0.464 e. The molecule has 0 unspecified atom stereocenters. The Balaban J connectivity index is 2.08. The van der Waals surface area contributed by atoms with Gasteiger partial charge in [-0.3, -0.25) is 0 Å². The Morgan fingerprint density at radius 3 is 2.72 bits per heavy atom. The van der Waals surface area contributed by atoms with Crippen molar-refractivity contribution in [2.45, 2.75) is 19.9 Å². The highest BCUT2D eigenvalue weighted by atomic mass is 32.1. The molecule has 0 saturated carbocycles. The zero-order valence-electron chi connectivity index (χ0n) is 13.7. The summed E-state index contributed by atoms with van der Waals surface area (Å²) in [6.45, 7) is 2.52. The summed E-state index contributed by atoms with van der Waals surface area (Å²) in [4.78, 5) is 29.4. The van der Waals surface area contributed by atoms with Crippen LogP contribution in [0.3, 0.4) is 0 Å². The molecule has 0 spiro atoms. The highest BCUT2D eigenvalue weighted by molar-refractivity contribution is 7.09. The molecule has 1 aromatic carbocycles. The molecular weight excluding hydrogens is 352 g/mol. The van der Waals surface area contributed by atoms with E-state index in [-0.39, 0.29) is 17.9 Å². The van der Waals surface area contributed by atoms with E-state index in [1.54, 1.807) is 5.38 Å². The van der Waals surface area contributed by atoms with Crippen LogP contribution in [0, 0.1) is 11.6 Å². The van der Waals surface area contributed by atoms with Crippen LogP contribution in [-0.2, 0) is 11.3 Å². The van der Waals surface area contributed by atoms with Crippen LogP contribution in [0.5, 0.6) is 0 Å². The second-order valence-corrected chi connectivity index (χ2v) is 6.04. The van der Waals surface area contributed by atoms with Crippen molar-refractivity contribution < 1.29 is 23.1 Å². The molecular formula is C16H17F2N3O3S. The first-order chi connectivity index (χ1) is 11.9. The zero-order valence-corrected chi connectivity index (χ0v) is 14.5. The number of halogens is 2. The molecule has 0 radical (unpaired) electrons. The van der Waals surface area contributed by atoms with Gasteiger partial charge in [0.25, 0.3) is 0 Å². The van der Waals surface area contributed by atoms with Crippen LogP contribution < -0.4 is 5.32 Å². The van der Waals surface area contributed by atoms with Crippen LogP contribution in [0.15, 0.2) is 23.6 Å². The number of benzene rings is 1. The molecule has 0 aliphatic rings. The maximum atomic E-state index is 13.2. The minimum absolute atomic E-state index is 0.152. The number of ether oxygens (including phenoxy) is 1. The normalized spacial score (nSPS) is 10.4. The second-order valence-electron chi connectivity index (χ2n) is 5.10. The predicted molar refractivity (Wildman–Crippen MR) is 89.5 cm³/mol. The summed E-state index contributed by atoms with van der Waals surface area (Å²) in [5, 5.41) is 4.64. The Hall–Kier alpha value is -2.55. The Morgan fingerprint density at radius 1 is 1.32 bits per heavy atom. The molecule has 0 aliphatic heterocycles. The molecule has 1 N–H and O–H groups in total. The number of rotatable bonds is 6. The summed E-state index contributed by atoms with van der Waals surface area (Å²) >= 11 is 1.23. The van der Waals surface area contributed by atoms with Gasteiger partial charge in [-0.25, -0.2) is 23.4 Å². The summed E-state index contributed by atoms with van der Waals surface area (Å²) in [5.74, 6) is -2.57. The third-order valence-electron chi connectivity index (χ3n) is 3.22. The van der Waals surface area contributed by atoms with E-state index in [4.69, 9.17) is 0 Å². The Kier molecular flexibility index (Phi) is 6.40. The first-order valence-electron chi connectivity index (χ1n) is 7.48. The van der Waals surface area contributed by atoms with E-state index in [1.807, 2.05) is 6.92 Å². The van der Waals surface area contributed by atoms with Crippen LogP contribution >= 0.6 is 11.3 Å². The van der Waals surface area contributed by atoms with Gasteiger partial charge in [0.05, 0.1) is 13.7 Å². The van der Waals surface area contributed by atoms with Crippen molar-refractivity contribution in [2.75, 3.05) is 19.0 Å². The van der Waals surface area contributed by atoms with Crippen LogP contribution in [0.2, 0.25) is 0 Å². The van der Waals surface area contributed by atoms with E-state index in [1.165, 1.54) is 29.4 Å². The number of anilines is 1. The fourth-order valence-corrected chi connectivity index (χ4v) is 2.82. The molecule has 2 aromatic rings. The lowest BCUT2D eigenvalue weighted by Crippen LogP contribution is -2.35. The Labute approximate surface area is 147 Å². The number of amides is 2. The summed E-state index contributed by atoms with van der Waals surface area (Å²) in [6, 6.07) is 2.66. The van der Waals surface area contributed by atoms with Gasteiger partial charge in [-0.2, -0.15) is 0 Å². The molecule has 25 heavy (non-hydrogen) atoms. The maximum absolute atomic E-state index is 13.2. The molecule has 9 heteroatoms. The second kappa shape index (κ2) is 8.52. The fourth-order valence-electron chi connectivity index (χ4n) is 2.04. The number of hydrogen-bond donors (Lipinski definition) is 1. The number of carbonyl (C=O) groups is 2. The van der Waals surface area contributed by atoms with Crippen molar-refractivity contribution >= 4 is 29.0 Å². The monoisotopic (exact) mass is 369 g/mol. The van der Waals surface area contributed by atoms with Crippen LogP contribution in [0.25, 0.3) is 0 Å². The lowest BCUT2D eigenvalue weighted by Gasteiger charge is -2.21. The van der Waals surface area contributed by atoms with E-state index in [2.05, 4.69) is 15.0 Å². The van der Waals surface area contributed by atoms with Gasteiger partial charge in [-0.1, -0.05) is 6.92 Å². The average Bonchev–Trinajstić information content (AvgIpc) is 3.05. The third kappa shape index (κ3) is 4.96. The smallest absolute Gasteiger partial charge is 0.357 e. The molecule has 0 saturated heterocycles. The molecule has 2 rings (SSSR count). The van der Waals surface area contributed by atoms with Crippen LogP contribution in [0.4, 0.5) is 19.3 Å². The van der Waals surface area contributed by atoms with E-state index in [0.717, 1.165) is 12.1 Å². The standard InChI is InChI=1S/C16H17F2N3O3S/c1-3-6-21(8-14-20-13(9-25-14)15(22)24-2)16(23)19-10-4-5-11(17)12(18)7-10/h4-5,7,9H,3,6,8H2,1-2H3,(H,19,23). The van der Waals surface area contributed by atoms with Crippen molar-refractivity contribution in [1.82, 2.24) is 9.88 Å².